The fourth-order valence-electron chi connectivity index (χ4n) is 4.77. The summed E-state index contributed by atoms with van der Waals surface area (Å²) in [7, 11) is -3.55. The van der Waals surface area contributed by atoms with Gasteiger partial charge < -0.3 is 14.8 Å². The molecule has 0 atom stereocenters. The molecule has 4 aromatic carbocycles. The van der Waals surface area contributed by atoms with Crippen LogP contribution in [0.5, 0.6) is 5.75 Å². The molecule has 1 saturated heterocycles. The highest BCUT2D eigenvalue weighted by Gasteiger charge is 2.26. The molecule has 0 amide bonds. The fraction of sp³-hybridized carbons (Fsp3) is 0.156. The smallest absolute Gasteiger partial charge is 0.243 e. The molecule has 41 heavy (non-hydrogen) atoms. The normalized spacial score (nSPS) is 14.2. The van der Waals surface area contributed by atoms with Crippen molar-refractivity contribution in [2.45, 2.75) is 11.5 Å². The summed E-state index contributed by atoms with van der Waals surface area (Å²) in [5.74, 6) is 0.396. The third-order valence-corrected chi connectivity index (χ3v) is 8.88. The van der Waals surface area contributed by atoms with Crippen LogP contribution in [0.25, 0.3) is 22.0 Å². The Bertz CT molecular complexity index is 1770. The topological polar surface area (TPSA) is 80.8 Å². The second kappa shape index (κ2) is 11.7. The number of nitrogens with zero attached hydrogens (tertiary/aromatic N) is 2. The molecule has 0 radical (unpaired) electrons. The first-order valence-corrected chi connectivity index (χ1v) is 14.7. The lowest BCUT2D eigenvalue weighted by molar-refractivity contribution is 0.0730. The van der Waals surface area contributed by atoms with E-state index in [9.17, 15) is 12.8 Å². The molecule has 1 aliphatic heterocycles. The summed E-state index contributed by atoms with van der Waals surface area (Å²) in [6, 6.07) is 28.8. The van der Waals surface area contributed by atoms with Crippen LogP contribution >= 0.6 is 0 Å². The second-order valence-corrected chi connectivity index (χ2v) is 11.6. The molecular weight excluding hydrogens is 541 g/mol. The molecule has 0 aliphatic carbocycles. The van der Waals surface area contributed by atoms with Gasteiger partial charge in [0.1, 0.15) is 18.2 Å². The summed E-state index contributed by atoms with van der Waals surface area (Å²) in [5.41, 5.74) is 5.21. The van der Waals surface area contributed by atoms with Crippen LogP contribution in [-0.4, -0.2) is 44.0 Å². The number of ether oxygens (including phenoxy) is 2. The number of aromatic nitrogens is 1. The molecule has 5 aromatic rings. The third-order valence-electron chi connectivity index (χ3n) is 6.96. The van der Waals surface area contributed by atoms with Crippen molar-refractivity contribution >= 4 is 32.3 Å². The molecule has 0 spiro atoms. The molecule has 208 valence electrons. The van der Waals surface area contributed by atoms with Gasteiger partial charge in [0.2, 0.25) is 10.0 Å². The number of halogens is 1. The maximum atomic E-state index is 13.4. The predicted molar refractivity (Wildman–Crippen MR) is 157 cm³/mol. The highest BCUT2D eigenvalue weighted by molar-refractivity contribution is 7.89. The first-order chi connectivity index (χ1) is 20.0. The van der Waals surface area contributed by atoms with E-state index in [1.54, 1.807) is 24.4 Å². The molecular formula is C32H28FN3O4S. The monoisotopic (exact) mass is 569 g/mol. The number of nitrogens with one attached hydrogen (secondary N) is 1. The average molecular weight is 570 g/mol. The zero-order valence-corrected chi connectivity index (χ0v) is 23.0. The minimum absolute atomic E-state index is 0.274. The molecule has 7 nitrogen and oxygen atoms in total. The zero-order valence-electron chi connectivity index (χ0n) is 22.2. The van der Waals surface area contributed by atoms with Crippen LogP contribution in [0.4, 0.5) is 15.8 Å². The van der Waals surface area contributed by atoms with Crippen molar-refractivity contribution in [3.05, 3.63) is 115 Å². The fourth-order valence-corrected chi connectivity index (χ4v) is 6.18. The van der Waals surface area contributed by atoms with Crippen molar-refractivity contribution in [2.75, 3.05) is 31.6 Å². The molecule has 0 bridgehead atoms. The van der Waals surface area contributed by atoms with Crippen molar-refractivity contribution in [1.29, 1.82) is 0 Å². The van der Waals surface area contributed by atoms with Crippen molar-refractivity contribution < 1.29 is 22.3 Å². The summed E-state index contributed by atoms with van der Waals surface area (Å²) in [5, 5.41) is 4.39. The number of anilines is 2. The van der Waals surface area contributed by atoms with Gasteiger partial charge in [-0.3, -0.25) is 4.98 Å². The Morgan fingerprint density at radius 3 is 2.39 bits per heavy atom. The van der Waals surface area contributed by atoms with Crippen LogP contribution in [-0.2, 0) is 21.4 Å². The van der Waals surface area contributed by atoms with Crippen LogP contribution in [0.15, 0.2) is 108 Å². The van der Waals surface area contributed by atoms with Crippen LogP contribution in [0, 0.1) is 5.82 Å². The lowest BCUT2D eigenvalue weighted by Crippen LogP contribution is -2.40. The highest BCUT2D eigenvalue weighted by Crippen LogP contribution is 2.31. The highest BCUT2D eigenvalue weighted by atomic mass is 32.2. The summed E-state index contributed by atoms with van der Waals surface area (Å²) >= 11 is 0. The molecule has 1 aromatic heterocycles. The standard InChI is InChI=1S/C32H28FN3O4S/c33-26-3-1-2-23(20-26)22-40-28-9-7-27(8-10-28)35-32-14-15-34-31-13-6-25(21-30(31)32)24-4-11-29(12-5-24)41(37,38)36-16-18-39-19-17-36/h1-15,20-21H,16-19,22H2,(H,34,35). The minimum Gasteiger partial charge on any atom is -0.489 e. The maximum absolute atomic E-state index is 13.4. The van der Waals surface area contributed by atoms with Gasteiger partial charge >= 0.3 is 0 Å². The lowest BCUT2D eigenvalue weighted by atomic mass is 10.0. The van der Waals surface area contributed by atoms with Gasteiger partial charge in [-0.05, 0) is 83.4 Å². The quantitative estimate of drug-likeness (QED) is 0.233. The van der Waals surface area contributed by atoms with E-state index in [-0.39, 0.29) is 17.3 Å². The summed E-state index contributed by atoms with van der Waals surface area (Å²) < 4.78 is 52.0. The Kier molecular flexibility index (Phi) is 7.65. The largest absolute Gasteiger partial charge is 0.489 e. The molecule has 6 rings (SSSR count). The maximum Gasteiger partial charge on any atom is 0.243 e. The number of benzene rings is 4. The predicted octanol–water partition coefficient (Wildman–Crippen LogP) is 6.38. The summed E-state index contributed by atoms with van der Waals surface area (Å²) in [6.07, 6.45) is 1.76. The van der Waals surface area contributed by atoms with Crippen LogP contribution < -0.4 is 10.1 Å². The lowest BCUT2D eigenvalue weighted by Gasteiger charge is -2.26. The van der Waals surface area contributed by atoms with E-state index in [0.29, 0.717) is 32.1 Å². The Hall–Kier alpha value is -4.31. The van der Waals surface area contributed by atoms with Gasteiger partial charge in [0.25, 0.3) is 0 Å². The molecule has 0 saturated carbocycles. The molecule has 2 heterocycles. The molecule has 1 aliphatic rings. The summed E-state index contributed by atoms with van der Waals surface area (Å²) in [4.78, 5) is 4.78. The Labute approximate surface area is 238 Å². The van der Waals surface area contributed by atoms with Crippen molar-refractivity contribution in [1.82, 2.24) is 9.29 Å². The van der Waals surface area contributed by atoms with Crippen molar-refractivity contribution in [3.8, 4) is 16.9 Å². The van der Waals surface area contributed by atoms with Crippen LogP contribution in [0.1, 0.15) is 5.56 Å². The zero-order chi connectivity index (χ0) is 28.2. The van der Waals surface area contributed by atoms with E-state index >= 15 is 0 Å². The van der Waals surface area contributed by atoms with Gasteiger partial charge in [-0.25, -0.2) is 12.8 Å². The molecule has 1 fully saturated rings. The average Bonchev–Trinajstić information content (AvgIpc) is 3.01. The number of sulfonamides is 1. The number of morpholine rings is 1. The van der Waals surface area contributed by atoms with Gasteiger partial charge in [-0.2, -0.15) is 4.31 Å². The third kappa shape index (κ3) is 6.07. The van der Waals surface area contributed by atoms with E-state index < -0.39 is 10.0 Å². The Balaban J connectivity index is 1.19. The summed E-state index contributed by atoms with van der Waals surface area (Å²) in [6.45, 7) is 1.83. The van der Waals surface area contributed by atoms with E-state index in [1.807, 2.05) is 66.7 Å². The van der Waals surface area contributed by atoms with E-state index in [0.717, 1.165) is 39.0 Å². The van der Waals surface area contributed by atoms with Crippen molar-refractivity contribution in [3.63, 3.8) is 0 Å². The number of fused-ring (bicyclic) bond motifs is 1. The first kappa shape index (κ1) is 26.9. The van der Waals surface area contributed by atoms with E-state index in [4.69, 9.17) is 9.47 Å². The van der Waals surface area contributed by atoms with Gasteiger partial charge in [0, 0.05) is 36.0 Å². The van der Waals surface area contributed by atoms with Crippen molar-refractivity contribution in [2.24, 2.45) is 0 Å². The van der Waals surface area contributed by atoms with Gasteiger partial charge in [-0.15, -0.1) is 0 Å². The second-order valence-electron chi connectivity index (χ2n) is 9.70. The minimum atomic E-state index is -3.55. The Morgan fingerprint density at radius 2 is 1.63 bits per heavy atom. The number of hydrogen-bond donors (Lipinski definition) is 1. The van der Waals surface area contributed by atoms with Crippen LogP contribution in [0.2, 0.25) is 0 Å². The number of hydrogen-bond acceptors (Lipinski definition) is 6. The SMILES string of the molecule is O=S(=O)(c1ccc(-c2ccc3nccc(Nc4ccc(OCc5cccc(F)c5)cc4)c3c2)cc1)N1CCOCC1. The van der Waals surface area contributed by atoms with E-state index in [1.165, 1.54) is 16.4 Å². The van der Waals surface area contributed by atoms with Gasteiger partial charge in [0.05, 0.1) is 23.6 Å². The number of pyridine rings is 1. The first-order valence-electron chi connectivity index (χ1n) is 13.3. The molecule has 9 heteroatoms. The molecule has 1 N–H and O–H groups in total. The van der Waals surface area contributed by atoms with Gasteiger partial charge in [-0.1, -0.05) is 30.3 Å². The van der Waals surface area contributed by atoms with E-state index in [2.05, 4.69) is 10.3 Å². The molecule has 0 unspecified atom stereocenters. The van der Waals surface area contributed by atoms with Gasteiger partial charge in [0.15, 0.2) is 0 Å². The van der Waals surface area contributed by atoms with Crippen LogP contribution in [0.3, 0.4) is 0 Å². The number of rotatable bonds is 8. The Morgan fingerprint density at radius 1 is 0.878 bits per heavy atom.